The van der Waals surface area contributed by atoms with E-state index in [0.717, 1.165) is 49.2 Å². The molecule has 0 spiro atoms. The summed E-state index contributed by atoms with van der Waals surface area (Å²) in [6, 6.07) is 7.54. The van der Waals surface area contributed by atoms with Crippen LogP contribution in [-0.2, 0) is 16.1 Å². The number of rotatable bonds is 6. The fraction of sp³-hybridized carbons (Fsp3) is 0.771. The van der Waals surface area contributed by atoms with Crippen LogP contribution in [0.3, 0.4) is 0 Å². The molecule has 8 atom stereocenters. The third-order valence-electron chi connectivity index (χ3n) is 12.1. The average Bonchev–Trinajstić information content (AvgIpc) is 3.23. The first-order chi connectivity index (χ1) is 19.2. The molecule has 0 radical (unpaired) electrons. The Hall–Kier alpha value is -1.88. The standard InChI is InChI=1S/C33H49NO4.C2H6/c1-22(10-15-30(36)38-4)27-13-14-28-26-12-11-24-20-34(31(37)25-9-6-5-8-23(25)21-35)19-7-17-32(24,2)29(26)16-18-33(27,28)3;1-2/h5-6,8-9,22,24,26-29,35H,7,10-21H2,1-4H3;1-2H3/t22?,24?,26?,27?,28?,29?,32?,33-;/m1./s1. The van der Waals surface area contributed by atoms with Gasteiger partial charge in [-0.3, -0.25) is 9.59 Å². The number of likely N-dealkylation sites (tertiary alicyclic amines) is 1. The normalized spacial score (nSPS) is 35.7. The third-order valence-corrected chi connectivity index (χ3v) is 12.1. The Balaban J connectivity index is 0.00000181. The number of nitrogens with zero attached hydrogens (tertiary/aromatic N) is 1. The molecule has 5 rings (SSSR count). The maximum atomic E-state index is 13.6. The van der Waals surface area contributed by atoms with Gasteiger partial charge in [0.25, 0.3) is 5.91 Å². The fourth-order valence-corrected chi connectivity index (χ4v) is 10.1. The highest BCUT2D eigenvalue weighted by molar-refractivity contribution is 5.95. The number of fused-ring (bicyclic) bond motifs is 5. The number of carbonyl (C=O) groups is 2. The number of hydrogen-bond donors (Lipinski definition) is 1. The van der Waals surface area contributed by atoms with Gasteiger partial charge in [0.1, 0.15) is 0 Å². The summed E-state index contributed by atoms with van der Waals surface area (Å²) in [7, 11) is 1.49. The number of hydrogen-bond acceptors (Lipinski definition) is 4. The first kappa shape index (κ1) is 31.1. The molecule has 5 heteroatoms. The molecule has 1 N–H and O–H groups in total. The Labute approximate surface area is 243 Å². The Morgan fingerprint density at radius 1 is 1.02 bits per heavy atom. The minimum atomic E-state index is -0.0941. The Kier molecular flexibility index (Phi) is 10.1. The van der Waals surface area contributed by atoms with Crippen LogP contribution in [0.2, 0.25) is 0 Å². The van der Waals surface area contributed by atoms with Crippen LogP contribution in [0, 0.1) is 46.3 Å². The molecule has 3 aliphatic carbocycles. The molecule has 1 aromatic rings. The van der Waals surface area contributed by atoms with Crippen molar-refractivity contribution in [2.24, 2.45) is 46.3 Å². The van der Waals surface area contributed by atoms with Crippen molar-refractivity contribution in [2.75, 3.05) is 20.2 Å². The number of esters is 1. The van der Waals surface area contributed by atoms with E-state index in [2.05, 4.69) is 25.7 Å². The summed E-state index contributed by atoms with van der Waals surface area (Å²) in [6.45, 7) is 13.1. The Morgan fingerprint density at radius 3 is 2.48 bits per heavy atom. The molecule has 5 nitrogen and oxygen atoms in total. The number of benzene rings is 1. The second kappa shape index (κ2) is 13.0. The third kappa shape index (κ3) is 5.61. The largest absolute Gasteiger partial charge is 0.469 e. The molecule has 0 bridgehead atoms. The van der Waals surface area contributed by atoms with Gasteiger partial charge in [-0.2, -0.15) is 0 Å². The predicted molar refractivity (Wildman–Crippen MR) is 161 cm³/mol. The summed E-state index contributed by atoms with van der Waals surface area (Å²) in [5.41, 5.74) is 2.08. The minimum Gasteiger partial charge on any atom is -0.469 e. The van der Waals surface area contributed by atoms with E-state index in [1.807, 2.05) is 38.1 Å². The molecule has 1 heterocycles. The van der Waals surface area contributed by atoms with Crippen LogP contribution >= 0.6 is 0 Å². The maximum Gasteiger partial charge on any atom is 0.305 e. The second-order valence-electron chi connectivity index (χ2n) is 13.6. The van der Waals surface area contributed by atoms with Crippen LogP contribution in [0.15, 0.2) is 24.3 Å². The molecule has 1 aromatic carbocycles. The number of carbonyl (C=O) groups excluding carboxylic acids is 2. The van der Waals surface area contributed by atoms with Crippen molar-refractivity contribution in [3.05, 3.63) is 35.4 Å². The van der Waals surface area contributed by atoms with Gasteiger partial charge in [0.05, 0.1) is 13.7 Å². The summed E-state index contributed by atoms with van der Waals surface area (Å²) >= 11 is 0. The second-order valence-corrected chi connectivity index (χ2v) is 13.6. The van der Waals surface area contributed by atoms with E-state index in [1.54, 1.807) is 0 Å². The first-order valence-electron chi connectivity index (χ1n) is 16.3. The van der Waals surface area contributed by atoms with Gasteiger partial charge < -0.3 is 14.7 Å². The molecule has 40 heavy (non-hydrogen) atoms. The Morgan fingerprint density at radius 2 is 1.75 bits per heavy atom. The lowest BCUT2D eigenvalue weighted by Gasteiger charge is -2.59. The molecule has 3 saturated carbocycles. The van der Waals surface area contributed by atoms with Gasteiger partial charge in [-0.15, -0.1) is 0 Å². The van der Waals surface area contributed by atoms with Gasteiger partial charge in [-0.05, 0) is 116 Å². The van der Waals surface area contributed by atoms with Gasteiger partial charge in [-0.1, -0.05) is 52.8 Å². The lowest BCUT2D eigenvalue weighted by atomic mass is 9.46. The van der Waals surface area contributed by atoms with Crippen molar-refractivity contribution >= 4 is 11.9 Å². The molecular formula is C35H55NO4. The summed E-state index contributed by atoms with van der Waals surface area (Å²) in [5, 5.41) is 9.80. The van der Waals surface area contributed by atoms with E-state index in [4.69, 9.17) is 4.74 Å². The van der Waals surface area contributed by atoms with Gasteiger partial charge in [-0.25, -0.2) is 0 Å². The molecule has 4 aliphatic rings. The van der Waals surface area contributed by atoms with Crippen LogP contribution < -0.4 is 0 Å². The lowest BCUT2D eigenvalue weighted by molar-refractivity contribution is -0.141. The van der Waals surface area contributed by atoms with E-state index in [-0.39, 0.29) is 18.5 Å². The molecule has 0 aromatic heterocycles. The van der Waals surface area contributed by atoms with Crippen LogP contribution in [0.5, 0.6) is 0 Å². The van der Waals surface area contributed by atoms with E-state index >= 15 is 0 Å². The summed E-state index contributed by atoms with van der Waals surface area (Å²) < 4.78 is 4.92. The first-order valence-corrected chi connectivity index (χ1v) is 16.3. The van der Waals surface area contributed by atoms with Crippen LogP contribution in [-0.4, -0.2) is 42.1 Å². The fourth-order valence-electron chi connectivity index (χ4n) is 10.1. The number of amides is 1. The molecule has 1 aliphatic heterocycles. The van der Waals surface area contributed by atoms with Gasteiger partial charge in [0.15, 0.2) is 0 Å². The number of ether oxygens (including phenoxy) is 1. The van der Waals surface area contributed by atoms with Crippen molar-refractivity contribution in [1.82, 2.24) is 4.90 Å². The van der Waals surface area contributed by atoms with Crippen LogP contribution in [0.25, 0.3) is 0 Å². The zero-order valence-corrected chi connectivity index (χ0v) is 26.1. The van der Waals surface area contributed by atoms with Crippen LogP contribution in [0.1, 0.15) is 115 Å². The zero-order valence-electron chi connectivity index (χ0n) is 26.1. The minimum absolute atomic E-state index is 0.0766. The van der Waals surface area contributed by atoms with Crippen molar-refractivity contribution in [3.8, 4) is 0 Å². The molecular weight excluding hydrogens is 498 g/mol. The van der Waals surface area contributed by atoms with Crippen molar-refractivity contribution in [3.63, 3.8) is 0 Å². The molecule has 224 valence electrons. The summed E-state index contributed by atoms with van der Waals surface area (Å²) in [5.74, 6) is 4.18. The predicted octanol–water partition coefficient (Wildman–Crippen LogP) is 7.51. The van der Waals surface area contributed by atoms with Gasteiger partial charge >= 0.3 is 5.97 Å². The topological polar surface area (TPSA) is 66.8 Å². The van der Waals surface area contributed by atoms with Crippen molar-refractivity contribution < 1.29 is 19.4 Å². The molecule has 7 unspecified atom stereocenters. The SMILES string of the molecule is CC.COC(=O)CCC(C)C1CCC2C3CCC4CN(C(=O)c5ccccc5CO)CCCC4(C)C3CC[C@]12C. The van der Waals surface area contributed by atoms with E-state index in [1.165, 1.54) is 52.1 Å². The molecule has 1 saturated heterocycles. The lowest BCUT2D eigenvalue weighted by Crippen LogP contribution is -2.53. The summed E-state index contributed by atoms with van der Waals surface area (Å²) in [4.78, 5) is 27.5. The summed E-state index contributed by atoms with van der Waals surface area (Å²) in [6.07, 6.45) is 11.5. The van der Waals surface area contributed by atoms with Crippen LogP contribution in [0.4, 0.5) is 0 Å². The monoisotopic (exact) mass is 553 g/mol. The van der Waals surface area contributed by atoms with Crippen molar-refractivity contribution in [1.29, 1.82) is 0 Å². The van der Waals surface area contributed by atoms with E-state index in [0.29, 0.717) is 40.6 Å². The van der Waals surface area contributed by atoms with Crippen molar-refractivity contribution in [2.45, 2.75) is 105 Å². The quantitative estimate of drug-likeness (QED) is 0.370. The van der Waals surface area contributed by atoms with E-state index in [9.17, 15) is 14.7 Å². The molecule has 4 fully saturated rings. The average molecular weight is 554 g/mol. The smallest absolute Gasteiger partial charge is 0.305 e. The highest BCUT2D eigenvalue weighted by Gasteiger charge is 2.60. The van der Waals surface area contributed by atoms with Gasteiger partial charge in [0, 0.05) is 25.1 Å². The Bertz CT molecular complexity index is 1020. The number of aliphatic hydroxyl groups excluding tert-OH is 1. The van der Waals surface area contributed by atoms with Gasteiger partial charge in [0.2, 0.25) is 0 Å². The number of methoxy groups -OCH3 is 1. The zero-order chi connectivity index (χ0) is 29.1. The van der Waals surface area contributed by atoms with E-state index < -0.39 is 0 Å². The maximum absolute atomic E-state index is 13.6. The highest BCUT2D eigenvalue weighted by atomic mass is 16.5. The molecule has 1 amide bonds. The highest BCUT2D eigenvalue weighted by Crippen LogP contribution is 2.67. The number of aliphatic hydroxyl groups is 1.